The van der Waals surface area contributed by atoms with E-state index in [-0.39, 0.29) is 6.03 Å². The van der Waals surface area contributed by atoms with E-state index < -0.39 is 0 Å². The summed E-state index contributed by atoms with van der Waals surface area (Å²) >= 11 is 0. The summed E-state index contributed by atoms with van der Waals surface area (Å²) in [6, 6.07) is 0.912. The van der Waals surface area contributed by atoms with Crippen LogP contribution in [-0.2, 0) is 0 Å². The zero-order chi connectivity index (χ0) is 9.97. The van der Waals surface area contributed by atoms with Crippen molar-refractivity contribution in [2.24, 2.45) is 0 Å². The molecule has 80 valence electrons. The van der Waals surface area contributed by atoms with Gasteiger partial charge in [-0.1, -0.05) is 6.92 Å². The molecule has 0 spiro atoms. The molecule has 0 bridgehead atoms. The number of hydrogen-bond acceptors (Lipinski definition) is 2. The van der Waals surface area contributed by atoms with Crippen molar-refractivity contribution in [1.82, 2.24) is 15.5 Å². The average Bonchev–Trinajstić information content (AvgIpc) is 2.61. The van der Waals surface area contributed by atoms with Crippen molar-refractivity contribution < 1.29 is 4.79 Å². The van der Waals surface area contributed by atoms with E-state index in [4.69, 9.17) is 0 Å². The Balaban J connectivity index is 1.93. The van der Waals surface area contributed by atoms with Gasteiger partial charge in [-0.15, -0.1) is 0 Å². The normalized spacial score (nSPS) is 33.2. The molecule has 2 aliphatic heterocycles. The van der Waals surface area contributed by atoms with Crippen LogP contribution in [0.4, 0.5) is 4.79 Å². The van der Waals surface area contributed by atoms with Gasteiger partial charge < -0.3 is 15.5 Å². The second-order valence-electron chi connectivity index (χ2n) is 4.21. The van der Waals surface area contributed by atoms with E-state index in [9.17, 15) is 4.79 Å². The Morgan fingerprint density at radius 3 is 3.00 bits per heavy atom. The Morgan fingerprint density at radius 1 is 1.57 bits per heavy atom. The third-order valence-electron chi connectivity index (χ3n) is 3.21. The largest absolute Gasteiger partial charge is 0.333 e. The molecule has 0 aromatic rings. The summed E-state index contributed by atoms with van der Waals surface area (Å²) in [4.78, 5) is 13.6. The SMILES string of the molecule is CCC1CN(C2CCCNC2)C(=O)N1. The van der Waals surface area contributed by atoms with Gasteiger partial charge in [-0.2, -0.15) is 0 Å². The highest BCUT2D eigenvalue weighted by Crippen LogP contribution is 2.16. The van der Waals surface area contributed by atoms with Gasteiger partial charge in [0.1, 0.15) is 0 Å². The van der Waals surface area contributed by atoms with Gasteiger partial charge in [-0.25, -0.2) is 4.79 Å². The summed E-state index contributed by atoms with van der Waals surface area (Å²) in [6.45, 7) is 5.07. The van der Waals surface area contributed by atoms with Gasteiger partial charge in [-0.05, 0) is 25.8 Å². The lowest BCUT2D eigenvalue weighted by Crippen LogP contribution is -2.47. The van der Waals surface area contributed by atoms with Crippen LogP contribution in [0.1, 0.15) is 26.2 Å². The van der Waals surface area contributed by atoms with E-state index in [0.717, 1.165) is 32.5 Å². The monoisotopic (exact) mass is 197 g/mol. The highest BCUT2D eigenvalue weighted by atomic mass is 16.2. The lowest BCUT2D eigenvalue weighted by atomic mass is 10.1. The van der Waals surface area contributed by atoms with Crippen molar-refractivity contribution in [3.05, 3.63) is 0 Å². The number of rotatable bonds is 2. The number of piperidine rings is 1. The minimum atomic E-state index is 0.130. The number of amides is 2. The minimum Gasteiger partial charge on any atom is -0.333 e. The maximum Gasteiger partial charge on any atom is 0.318 e. The second-order valence-corrected chi connectivity index (χ2v) is 4.21. The zero-order valence-corrected chi connectivity index (χ0v) is 8.75. The van der Waals surface area contributed by atoms with Crippen LogP contribution in [0, 0.1) is 0 Å². The molecule has 2 N–H and O–H groups in total. The maximum atomic E-state index is 11.6. The molecule has 2 aliphatic rings. The number of nitrogens with zero attached hydrogens (tertiary/aromatic N) is 1. The van der Waals surface area contributed by atoms with E-state index in [1.807, 2.05) is 4.90 Å². The Bertz CT molecular complexity index is 213. The smallest absolute Gasteiger partial charge is 0.318 e. The molecule has 4 nitrogen and oxygen atoms in total. The molecule has 0 aromatic heterocycles. The summed E-state index contributed by atoms with van der Waals surface area (Å²) in [6.07, 6.45) is 3.37. The molecule has 2 atom stereocenters. The molecule has 4 heteroatoms. The first-order chi connectivity index (χ1) is 6.81. The average molecular weight is 197 g/mol. The lowest BCUT2D eigenvalue weighted by molar-refractivity contribution is 0.184. The molecular formula is C10H19N3O. The van der Waals surface area contributed by atoms with E-state index in [1.165, 1.54) is 6.42 Å². The van der Waals surface area contributed by atoms with Gasteiger partial charge in [0.15, 0.2) is 0 Å². The molecule has 2 rings (SSSR count). The van der Waals surface area contributed by atoms with Crippen LogP contribution in [0.5, 0.6) is 0 Å². The summed E-state index contributed by atoms with van der Waals surface area (Å²) in [5.74, 6) is 0. The first-order valence-electron chi connectivity index (χ1n) is 5.59. The van der Waals surface area contributed by atoms with E-state index in [1.54, 1.807) is 0 Å². The molecule has 2 heterocycles. The van der Waals surface area contributed by atoms with Gasteiger partial charge in [0.2, 0.25) is 0 Å². The van der Waals surface area contributed by atoms with Crippen LogP contribution in [0.2, 0.25) is 0 Å². The van der Waals surface area contributed by atoms with Crippen molar-refractivity contribution in [2.45, 2.75) is 38.3 Å². The number of carbonyl (C=O) groups excluding carboxylic acids is 1. The van der Waals surface area contributed by atoms with Gasteiger partial charge in [-0.3, -0.25) is 0 Å². The first kappa shape index (κ1) is 9.77. The van der Waals surface area contributed by atoms with E-state index >= 15 is 0 Å². The van der Waals surface area contributed by atoms with E-state index in [0.29, 0.717) is 12.1 Å². The Morgan fingerprint density at radius 2 is 2.43 bits per heavy atom. The molecular weight excluding hydrogens is 178 g/mol. The number of nitrogens with one attached hydrogen (secondary N) is 2. The Labute approximate surface area is 85.0 Å². The van der Waals surface area contributed by atoms with Crippen LogP contribution in [0.3, 0.4) is 0 Å². The van der Waals surface area contributed by atoms with Crippen LogP contribution < -0.4 is 10.6 Å². The highest BCUT2D eigenvalue weighted by molar-refractivity contribution is 5.77. The lowest BCUT2D eigenvalue weighted by Gasteiger charge is -2.30. The van der Waals surface area contributed by atoms with Gasteiger partial charge in [0.05, 0.1) is 0 Å². The molecule has 2 amide bonds. The fraction of sp³-hybridized carbons (Fsp3) is 0.900. The first-order valence-corrected chi connectivity index (χ1v) is 5.59. The quantitative estimate of drug-likeness (QED) is 0.678. The topological polar surface area (TPSA) is 44.4 Å². The van der Waals surface area contributed by atoms with E-state index in [2.05, 4.69) is 17.6 Å². The fourth-order valence-corrected chi connectivity index (χ4v) is 2.27. The maximum absolute atomic E-state index is 11.6. The molecule has 2 fully saturated rings. The van der Waals surface area contributed by atoms with Crippen LogP contribution >= 0.6 is 0 Å². The van der Waals surface area contributed by atoms with Crippen molar-refractivity contribution in [2.75, 3.05) is 19.6 Å². The third-order valence-corrected chi connectivity index (χ3v) is 3.21. The molecule has 0 saturated carbocycles. The molecule has 2 saturated heterocycles. The van der Waals surface area contributed by atoms with Crippen LogP contribution in [0.15, 0.2) is 0 Å². The minimum absolute atomic E-state index is 0.130. The summed E-state index contributed by atoms with van der Waals surface area (Å²) in [5, 5.41) is 6.35. The van der Waals surface area contributed by atoms with Gasteiger partial charge >= 0.3 is 6.03 Å². The fourth-order valence-electron chi connectivity index (χ4n) is 2.27. The molecule has 0 aromatic carbocycles. The van der Waals surface area contributed by atoms with Crippen LogP contribution in [0.25, 0.3) is 0 Å². The van der Waals surface area contributed by atoms with Gasteiger partial charge in [0, 0.05) is 25.2 Å². The van der Waals surface area contributed by atoms with Gasteiger partial charge in [0.25, 0.3) is 0 Å². The van der Waals surface area contributed by atoms with Crippen molar-refractivity contribution >= 4 is 6.03 Å². The number of carbonyl (C=O) groups is 1. The summed E-state index contributed by atoms with van der Waals surface area (Å²) in [7, 11) is 0. The third kappa shape index (κ3) is 1.85. The Kier molecular flexibility index (Phi) is 2.91. The predicted molar refractivity (Wildman–Crippen MR) is 55.2 cm³/mol. The van der Waals surface area contributed by atoms with Crippen LogP contribution in [-0.4, -0.2) is 42.6 Å². The summed E-state index contributed by atoms with van der Waals surface area (Å²) in [5.41, 5.74) is 0. The molecule has 14 heavy (non-hydrogen) atoms. The van der Waals surface area contributed by atoms with Crippen molar-refractivity contribution in [3.8, 4) is 0 Å². The Hall–Kier alpha value is -0.770. The second kappa shape index (κ2) is 4.17. The van der Waals surface area contributed by atoms with Crippen molar-refractivity contribution in [1.29, 1.82) is 0 Å². The number of urea groups is 1. The number of hydrogen-bond donors (Lipinski definition) is 2. The predicted octanol–water partition coefficient (Wildman–Crippen LogP) is 0.542. The highest BCUT2D eigenvalue weighted by Gasteiger charge is 2.33. The molecule has 0 aliphatic carbocycles. The molecule has 0 radical (unpaired) electrons. The molecule has 2 unspecified atom stereocenters. The van der Waals surface area contributed by atoms with Crippen molar-refractivity contribution in [3.63, 3.8) is 0 Å². The summed E-state index contributed by atoms with van der Waals surface area (Å²) < 4.78 is 0. The zero-order valence-electron chi connectivity index (χ0n) is 8.75. The standard InChI is InChI=1S/C10H19N3O/c1-2-8-7-13(10(14)12-8)9-4-3-5-11-6-9/h8-9,11H,2-7H2,1H3,(H,12,14).